The Bertz CT molecular complexity index is 1940. The molecule has 8 N–H and O–H groups in total. The highest BCUT2D eigenvalue weighted by Gasteiger charge is 2.23. The van der Waals surface area contributed by atoms with Gasteiger partial charge >= 0.3 is 0 Å². The number of hydrogen-bond acceptors (Lipinski definition) is 12. The first-order valence-electron chi connectivity index (χ1n) is 16.6. The molecule has 4 heterocycles. The van der Waals surface area contributed by atoms with Gasteiger partial charge in [0.15, 0.2) is 0 Å². The van der Waals surface area contributed by atoms with E-state index in [1.807, 2.05) is 80.5 Å². The summed E-state index contributed by atoms with van der Waals surface area (Å²) in [5.74, 6) is 1.50. The number of pyridine rings is 4. The van der Waals surface area contributed by atoms with Gasteiger partial charge in [-0.05, 0) is 48.5 Å². The summed E-state index contributed by atoms with van der Waals surface area (Å²) in [6.07, 6.45) is 5.76. The summed E-state index contributed by atoms with van der Waals surface area (Å²) in [7, 11) is 0. The third-order valence-corrected chi connectivity index (χ3v) is 6.54. The molecule has 0 aliphatic carbocycles. The smallest absolute Gasteiger partial charge is 0.230 e. The van der Waals surface area contributed by atoms with E-state index in [1.54, 1.807) is 48.5 Å². The van der Waals surface area contributed by atoms with Gasteiger partial charge in [-0.1, -0.05) is 62.3 Å². The van der Waals surface area contributed by atoms with Crippen LogP contribution >= 0.6 is 0 Å². The van der Waals surface area contributed by atoms with E-state index >= 15 is 0 Å². The summed E-state index contributed by atoms with van der Waals surface area (Å²) in [4.78, 5) is 50.4. The maximum absolute atomic E-state index is 11.6. The Morgan fingerprint density at radius 1 is 0.545 bits per heavy atom. The fourth-order valence-electron chi connectivity index (χ4n) is 3.08. The lowest BCUT2D eigenvalue weighted by molar-refractivity contribution is -0.123. The number of nitrogens with zero attached hydrogens (tertiary/aromatic N) is 7. The molecule has 0 spiro atoms. The maximum Gasteiger partial charge on any atom is 0.230 e. The topological polar surface area (TPSA) is 286 Å². The number of amides is 3. The van der Waals surface area contributed by atoms with E-state index in [-0.39, 0.29) is 23.6 Å². The summed E-state index contributed by atoms with van der Waals surface area (Å²) in [5, 5.41) is 40.7. The van der Waals surface area contributed by atoms with Crippen molar-refractivity contribution in [3.05, 3.63) is 95.6 Å². The number of nitrogen functional groups attached to an aromatic ring is 2. The fourth-order valence-corrected chi connectivity index (χ4v) is 3.08. The van der Waals surface area contributed by atoms with Crippen LogP contribution in [0.5, 0.6) is 0 Å². The van der Waals surface area contributed by atoms with Crippen LogP contribution in [0.3, 0.4) is 0 Å². The lowest BCUT2D eigenvalue weighted by Crippen LogP contribution is -2.28. The van der Waals surface area contributed by atoms with Gasteiger partial charge in [0.25, 0.3) is 0 Å². The van der Waals surface area contributed by atoms with Crippen LogP contribution in [0.2, 0.25) is 0 Å². The number of nitrogens with two attached hydrogens (primary N) is 2. The van der Waals surface area contributed by atoms with Crippen molar-refractivity contribution in [2.45, 2.75) is 62.3 Å². The fraction of sp³-hybridized carbons (Fsp3) is 0.308. The van der Waals surface area contributed by atoms with Gasteiger partial charge in [0.05, 0.1) is 16.7 Å². The van der Waals surface area contributed by atoms with E-state index in [0.717, 1.165) is 0 Å². The summed E-state index contributed by atoms with van der Waals surface area (Å²) in [6, 6.07) is 18.8. The van der Waals surface area contributed by atoms with E-state index in [0.29, 0.717) is 45.5 Å². The Labute approximate surface area is 321 Å². The summed E-state index contributed by atoms with van der Waals surface area (Å²) in [5.41, 5.74) is 11.2. The molecule has 3 amide bonds. The van der Waals surface area contributed by atoms with Gasteiger partial charge in [-0.25, -0.2) is 19.9 Å². The molecule has 0 bridgehead atoms. The highest BCUT2D eigenvalue weighted by atomic mass is 16.2. The predicted octanol–water partition coefficient (Wildman–Crippen LogP) is 5.76. The number of carbonyl (C=O) groups excluding carboxylic acids is 3. The number of amidine groups is 1. The molecule has 0 aromatic carbocycles. The van der Waals surface area contributed by atoms with Crippen molar-refractivity contribution in [3.63, 3.8) is 0 Å². The van der Waals surface area contributed by atoms with E-state index in [4.69, 9.17) is 32.7 Å². The maximum atomic E-state index is 11.6. The lowest BCUT2D eigenvalue weighted by Gasteiger charge is -2.17. The zero-order valence-corrected chi connectivity index (χ0v) is 32.4. The molecule has 286 valence electrons. The molecule has 16 nitrogen and oxygen atoms in total. The SMILES string of the molecule is CC(C)(C)C(=O)Nc1ccc(C#N)cn1.CC(C)(C)C(=O)Nc1ccc(C#N)cn1.CC(C)(C)C(=O)Nc1ccc(C(=N)N)cn1.N#Cc1ccc(N)nc1. The lowest BCUT2D eigenvalue weighted by atomic mass is 9.96. The average Bonchev–Trinajstić information content (AvgIpc) is 3.12. The van der Waals surface area contributed by atoms with Crippen LogP contribution in [0.4, 0.5) is 23.3 Å². The Hall–Kier alpha value is -7.25. The minimum Gasteiger partial charge on any atom is -0.384 e. The Morgan fingerprint density at radius 3 is 1.07 bits per heavy atom. The van der Waals surface area contributed by atoms with Crippen molar-refractivity contribution in [1.29, 1.82) is 21.2 Å². The minimum absolute atomic E-state index is 0.0406. The van der Waals surface area contributed by atoms with Gasteiger partial charge < -0.3 is 27.4 Å². The van der Waals surface area contributed by atoms with E-state index in [1.165, 1.54) is 24.8 Å². The predicted molar refractivity (Wildman–Crippen MR) is 211 cm³/mol. The van der Waals surface area contributed by atoms with E-state index < -0.39 is 16.2 Å². The van der Waals surface area contributed by atoms with Gasteiger partial charge in [0, 0.05) is 46.6 Å². The molecule has 16 heteroatoms. The number of anilines is 4. The Kier molecular flexibility index (Phi) is 17.2. The van der Waals surface area contributed by atoms with E-state index in [9.17, 15) is 14.4 Å². The van der Waals surface area contributed by atoms with Gasteiger partial charge in [-0.15, -0.1) is 0 Å². The summed E-state index contributed by atoms with van der Waals surface area (Å²) in [6.45, 7) is 16.4. The second-order valence-corrected chi connectivity index (χ2v) is 14.6. The molecular weight excluding hydrogens is 699 g/mol. The second-order valence-electron chi connectivity index (χ2n) is 14.6. The molecule has 0 saturated heterocycles. The Morgan fingerprint density at radius 2 is 0.855 bits per heavy atom. The van der Waals surface area contributed by atoms with Crippen molar-refractivity contribution in [2.24, 2.45) is 22.0 Å². The van der Waals surface area contributed by atoms with Crippen LogP contribution in [0, 0.1) is 55.6 Å². The van der Waals surface area contributed by atoms with Gasteiger partial charge in [0.2, 0.25) is 17.7 Å². The largest absolute Gasteiger partial charge is 0.384 e. The van der Waals surface area contributed by atoms with Crippen molar-refractivity contribution < 1.29 is 14.4 Å². The molecular formula is C39H47N13O3. The van der Waals surface area contributed by atoms with Gasteiger partial charge in [-0.3, -0.25) is 19.8 Å². The second kappa shape index (κ2) is 20.7. The van der Waals surface area contributed by atoms with E-state index in [2.05, 4.69) is 35.9 Å². The Balaban J connectivity index is 0.000000373. The molecule has 4 aromatic rings. The first-order valence-corrected chi connectivity index (χ1v) is 16.6. The van der Waals surface area contributed by atoms with Crippen molar-refractivity contribution in [1.82, 2.24) is 19.9 Å². The normalized spacial score (nSPS) is 10.3. The first-order chi connectivity index (χ1) is 25.5. The van der Waals surface area contributed by atoms with Gasteiger partial charge in [-0.2, -0.15) is 15.8 Å². The minimum atomic E-state index is -0.457. The monoisotopic (exact) mass is 745 g/mol. The van der Waals surface area contributed by atoms with Crippen LogP contribution in [-0.2, 0) is 14.4 Å². The number of hydrogen-bond donors (Lipinski definition) is 6. The molecule has 0 radical (unpaired) electrons. The number of nitrogens with one attached hydrogen (secondary N) is 4. The van der Waals surface area contributed by atoms with Gasteiger partial charge in [0.1, 0.15) is 47.3 Å². The molecule has 0 aliphatic heterocycles. The summed E-state index contributed by atoms with van der Waals surface area (Å²) < 4.78 is 0. The molecule has 0 atom stereocenters. The van der Waals surface area contributed by atoms with Crippen LogP contribution in [0.15, 0.2) is 73.3 Å². The van der Waals surface area contributed by atoms with Crippen molar-refractivity contribution in [2.75, 3.05) is 21.7 Å². The molecule has 4 rings (SSSR count). The van der Waals surface area contributed by atoms with Crippen LogP contribution in [-0.4, -0.2) is 43.5 Å². The molecule has 0 fully saturated rings. The molecule has 0 saturated carbocycles. The van der Waals surface area contributed by atoms with Crippen LogP contribution < -0.4 is 27.4 Å². The third-order valence-electron chi connectivity index (χ3n) is 6.54. The van der Waals surface area contributed by atoms with Crippen LogP contribution in [0.25, 0.3) is 0 Å². The molecule has 0 aliphatic rings. The standard InChI is InChI=1S/C11H16N4O.2C11H13N3O.C6H5N3/c1-11(2,3)10(16)15-8-5-4-7(6-14-8)9(12)13;2*1-11(2,3)10(15)14-9-5-4-8(6-12)7-13-9;7-3-5-1-2-6(8)9-4-5/h4-6H,1-3H3,(H3,12,13)(H,14,15,16);2*4-5,7H,1-3H3,(H,13,14,15);1-2,4H,(H2,8,9). The zero-order chi connectivity index (χ0) is 42.0. The molecule has 4 aromatic heterocycles. The highest BCUT2D eigenvalue weighted by molar-refractivity contribution is 5.96. The quantitative estimate of drug-likeness (QED) is 0.107. The van der Waals surface area contributed by atoms with Crippen molar-refractivity contribution >= 4 is 46.8 Å². The number of aromatic nitrogens is 4. The molecule has 55 heavy (non-hydrogen) atoms. The number of nitriles is 3. The number of carbonyl (C=O) groups is 3. The zero-order valence-electron chi connectivity index (χ0n) is 32.4. The number of rotatable bonds is 4. The molecule has 0 unspecified atom stereocenters. The average molecular weight is 746 g/mol. The van der Waals surface area contributed by atoms with Crippen LogP contribution in [0.1, 0.15) is 84.6 Å². The first kappa shape index (κ1) is 45.8. The summed E-state index contributed by atoms with van der Waals surface area (Å²) >= 11 is 0. The highest BCUT2D eigenvalue weighted by Crippen LogP contribution is 2.18. The van der Waals surface area contributed by atoms with Crippen molar-refractivity contribution in [3.8, 4) is 18.2 Å². The third kappa shape index (κ3) is 17.7.